The van der Waals surface area contributed by atoms with Crippen LogP contribution in [0, 0.1) is 12.3 Å². The van der Waals surface area contributed by atoms with E-state index in [-0.39, 0.29) is 0 Å². The number of fused-ring (bicyclic) bond motifs is 1. The molecule has 0 saturated heterocycles. The van der Waals surface area contributed by atoms with Gasteiger partial charge in [0.2, 0.25) is 0 Å². The topological polar surface area (TPSA) is 20.2 Å². The van der Waals surface area contributed by atoms with Crippen molar-refractivity contribution in [2.75, 3.05) is 0 Å². The normalized spacial score (nSPS) is 12.5. The first kappa shape index (κ1) is 10.2. The summed E-state index contributed by atoms with van der Waals surface area (Å²) in [6, 6.07) is 10.2. The first-order valence-electron chi connectivity index (χ1n) is 4.91. The second kappa shape index (κ2) is 4.48. The number of rotatable bonds is 3. The second-order valence-electron chi connectivity index (χ2n) is 3.45. The summed E-state index contributed by atoms with van der Waals surface area (Å²) in [5, 5.41) is 11.1. The lowest BCUT2D eigenvalue weighted by Gasteiger charge is -2.04. The molecule has 1 heterocycles. The van der Waals surface area contributed by atoms with E-state index >= 15 is 0 Å². The van der Waals surface area contributed by atoms with E-state index in [1.807, 2.05) is 18.2 Å². The molecule has 1 atom stereocenters. The van der Waals surface area contributed by atoms with Crippen molar-refractivity contribution in [3.05, 3.63) is 35.2 Å². The van der Waals surface area contributed by atoms with Crippen molar-refractivity contribution in [2.45, 2.75) is 18.9 Å². The van der Waals surface area contributed by atoms with Crippen LogP contribution >= 0.6 is 11.3 Å². The fraction of sp³-hybridized carbons (Fsp3) is 0.231. The van der Waals surface area contributed by atoms with Gasteiger partial charge in [-0.25, -0.2) is 0 Å². The van der Waals surface area contributed by atoms with Gasteiger partial charge in [0.25, 0.3) is 0 Å². The van der Waals surface area contributed by atoms with Crippen molar-refractivity contribution in [3.8, 4) is 12.3 Å². The summed E-state index contributed by atoms with van der Waals surface area (Å²) in [6.45, 7) is 0. The van der Waals surface area contributed by atoms with Crippen LogP contribution in [-0.4, -0.2) is 5.11 Å². The molecule has 2 aromatic rings. The molecular formula is C13H12OS. The maximum absolute atomic E-state index is 9.87. The number of hydrogen-bond donors (Lipinski definition) is 1. The summed E-state index contributed by atoms with van der Waals surface area (Å²) in [7, 11) is 0. The molecule has 15 heavy (non-hydrogen) atoms. The van der Waals surface area contributed by atoms with Gasteiger partial charge in [-0.3, -0.25) is 0 Å². The molecule has 0 aliphatic carbocycles. The number of hydrogen-bond acceptors (Lipinski definition) is 2. The zero-order chi connectivity index (χ0) is 10.7. The number of benzene rings is 1. The SMILES string of the molecule is C#CCCC(O)c1cc2ccccc2s1. The van der Waals surface area contributed by atoms with Gasteiger partial charge in [-0.2, -0.15) is 0 Å². The van der Waals surface area contributed by atoms with E-state index in [9.17, 15) is 5.11 Å². The molecular weight excluding hydrogens is 204 g/mol. The first-order valence-corrected chi connectivity index (χ1v) is 5.73. The number of terminal acetylenes is 1. The Labute approximate surface area is 93.4 Å². The molecule has 1 aromatic heterocycles. The lowest BCUT2D eigenvalue weighted by molar-refractivity contribution is 0.173. The zero-order valence-corrected chi connectivity index (χ0v) is 9.13. The van der Waals surface area contributed by atoms with Crippen LogP contribution in [0.2, 0.25) is 0 Å². The monoisotopic (exact) mass is 216 g/mol. The fourth-order valence-electron chi connectivity index (χ4n) is 1.53. The summed E-state index contributed by atoms with van der Waals surface area (Å²) in [5.41, 5.74) is 0. The predicted molar refractivity (Wildman–Crippen MR) is 64.9 cm³/mol. The minimum Gasteiger partial charge on any atom is -0.388 e. The molecule has 76 valence electrons. The van der Waals surface area contributed by atoms with Gasteiger partial charge in [-0.1, -0.05) is 18.2 Å². The highest BCUT2D eigenvalue weighted by atomic mass is 32.1. The molecule has 0 bridgehead atoms. The van der Waals surface area contributed by atoms with E-state index in [2.05, 4.69) is 18.1 Å². The Kier molecular flexibility index (Phi) is 3.05. The highest BCUT2D eigenvalue weighted by molar-refractivity contribution is 7.19. The van der Waals surface area contributed by atoms with Crippen LogP contribution in [0.15, 0.2) is 30.3 Å². The van der Waals surface area contributed by atoms with Crippen molar-refractivity contribution in [2.24, 2.45) is 0 Å². The number of aliphatic hydroxyl groups excluding tert-OH is 1. The van der Waals surface area contributed by atoms with Crippen LogP contribution in [-0.2, 0) is 0 Å². The molecule has 0 radical (unpaired) electrons. The lowest BCUT2D eigenvalue weighted by Crippen LogP contribution is -1.92. The Hall–Kier alpha value is -1.30. The van der Waals surface area contributed by atoms with E-state index in [0.717, 1.165) is 4.88 Å². The predicted octanol–water partition coefficient (Wildman–Crippen LogP) is 3.35. The third kappa shape index (κ3) is 2.20. The molecule has 2 heteroatoms. The van der Waals surface area contributed by atoms with Crippen molar-refractivity contribution >= 4 is 21.4 Å². The molecule has 1 nitrogen and oxygen atoms in total. The molecule has 0 saturated carbocycles. The Bertz CT molecular complexity index is 459. The third-order valence-electron chi connectivity index (χ3n) is 2.34. The standard InChI is InChI=1S/C13H12OS/c1-2-3-7-11(14)13-9-10-6-4-5-8-12(10)15-13/h1,4-6,8-9,11,14H,3,7H2. The Morgan fingerprint density at radius 3 is 2.93 bits per heavy atom. The second-order valence-corrected chi connectivity index (χ2v) is 4.56. The van der Waals surface area contributed by atoms with Crippen LogP contribution in [0.4, 0.5) is 0 Å². The molecule has 0 spiro atoms. The van der Waals surface area contributed by atoms with Crippen molar-refractivity contribution < 1.29 is 5.11 Å². The average Bonchev–Trinajstić information content (AvgIpc) is 2.69. The summed E-state index contributed by atoms with van der Waals surface area (Å²) >= 11 is 1.64. The summed E-state index contributed by atoms with van der Waals surface area (Å²) in [5.74, 6) is 2.55. The van der Waals surface area contributed by atoms with Crippen LogP contribution in [0.3, 0.4) is 0 Å². The average molecular weight is 216 g/mol. The number of aliphatic hydroxyl groups is 1. The van der Waals surface area contributed by atoms with Crippen molar-refractivity contribution in [1.82, 2.24) is 0 Å². The van der Waals surface area contributed by atoms with Crippen LogP contribution in [0.25, 0.3) is 10.1 Å². The molecule has 0 aliphatic rings. The van der Waals surface area contributed by atoms with Crippen molar-refractivity contribution in [3.63, 3.8) is 0 Å². The van der Waals surface area contributed by atoms with Crippen molar-refractivity contribution in [1.29, 1.82) is 0 Å². The highest BCUT2D eigenvalue weighted by Crippen LogP contribution is 2.31. The van der Waals surface area contributed by atoms with Gasteiger partial charge in [0.15, 0.2) is 0 Å². The third-order valence-corrected chi connectivity index (χ3v) is 3.55. The van der Waals surface area contributed by atoms with Crippen LogP contribution in [0.1, 0.15) is 23.8 Å². The largest absolute Gasteiger partial charge is 0.388 e. The van der Waals surface area contributed by atoms with Gasteiger partial charge < -0.3 is 5.11 Å². The van der Waals surface area contributed by atoms with E-state index in [1.165, 1.54) is 10.1 Å². The van der Waals surface area contributed by atoms with Gasteiger partial charge in [0.1, 0.15) is 0 Å². The summed E-state index contributed by atoms with van der Waals surface area (Å²) in [6.07, 6.45) is 6.02. The zero-order valence-electron chi connectivity index (χ0n) is 8.31. The van der Waals surface area contributed by atoms with E-state index in [0.29, 0.717) is 12.8 Å². The molecule has 0 fully saturated rings. The fourth-order valence-corrected chi connectivity index (χ4v) is 2.61. The molecule has 0 amide bonds. The smallest absolute Gasteiger partial charge is 0.0891 e. The maximum Gasteiger partial charge on any atom is 0.0891 e. The lowest BCUT2D eigenvalue weighted by atomic mass is 10.1. The van der Waals surface area contributed by atoms with E-state index in [1.54, 1.807) is 11.3 Å². The van der Waals surface area contributed by atoms with Crippen LogP contribution < -0.4 is 0 Å². The molecule has 0 aliphatic heterocycles. The minimum atomic E-state index is -0.418. The van der Waals surface area contributed by atoms with E-state index in [4.69, 9.17) is 6.42 Å². The Balaban J connectivity index is 2.25. The van der Waals surface area contributed by atoms with Gasteiger partial charge in [0, 0.05) is 16.0 Å². The van der Waals surface area contributed by atoms with Gasteiger partial charge in [-0.15, -0.1) is 23.7 Å². The van der Waals surface area contributed by atoms with Crippen LogP contribution in [0.5, 0.6) is 0 Å². The Morgan fingerprint density at radius 2 is 2.20 bits per heavy atom. The molecule has 1 aromatic carbocycles. The molecule has 2 rings (SSSR count). The quantitative estimate of drug-likeness (QED) is 0.780. The summed E-state index contributed by atoms with van der Waals surface area (Å²) in [4.78, 5) is 1.01. The number of thiophene rings is 1. The highest BCUT2D eigenvalue weighted by Gasteiger charge is 2.10. The first-order chi connectivity index (χ1) is 7.31. The van der Waals surface area contributed by atoms with Gasteiger partial charge in [-0.05, 0) is 23.9 Å². The van der Waals surface area contributed by atoms with Gasteiger partial charge in [0.05, 0.1) is 6.10 Å². The minimum absolute atomic E-state index is 0.418. The molecule has 1 unspecified atom stereocenters. The van der Waals surface area contributed by atoms with E-state index < -0.39 is 6.10 Å². The molecule has 1 N–H and O–H groups in total. The maximum atomic E-state index is 9.87. The summed E-state index contributed by atoms with van der Waals surface area (Å²) < 4.78 is 1.22. The van der Waals surface area contributed by atoms with Gasteiger partial charge >= 0.3 is 0 Å². The Morgan fingerprint density at radius 1 is 1.40 bits per heavy atom.